The van der Waals surface area contributed by atoms with Gasteiger partial charge in [-0.05, 0) is 48.2 Å². The molecule has 1 aliphatic carbocycles. The zero-order valence-corrected chi connectivity index (χ0v) is 23.9. The van der Waals surface area contributed by atoms with E-state index < -0.39 is 29.8 Å². The fourth-order valence-electron chi connectivity index (χ4n) is 6.25. The number of Topliss-reactive ketones (excluding diaryl/α,β-unsaturated/α-hetero) is 1. The number of rotatable bonds is 8. The van der Waals surface area contributed by atoms with E-state index in [0.29, 0.717) is 15.0 Å². The van der Waals surface area contributed by atoms with Crippen molar-refractivity contribution < 1.29 is 19.1 Å². The standard InChI is InChI=1S/C32H33ClN2O4S/c1-39-23-14-8-13-22(19-23)27-28(30(36)25-17-18-26(33)40-25)24(16-15-20-9-4-2-5-10-20)35(29(27)31(34)37)32(38)21-11-6-3-7-12-21/h2,4-5,8-10,13-19,21,24,27-29H,3,6-7,11-12H2,1H3,(H2,34,37). The van der Waals surface area contributed by atoms with E-state index in [-0.39, 0.29) is 17.6 Å². The van der Waals surface area contributed by atoms with Crippen molar-refractivity contribution in [2.24, 2.45) is 17.6 Å². The number of primary amides is 1. The molecule has 6 nitrogen and oxygen atoms in total. The Kier molecular flexibility index (Phi) is 8.72. The predicted molar refractivity (Wildman–Crippen MR) is 159 cm³/mol. The molecule has 2 aromatic carbocycles. The van der Waals surface area contributed by atoms with Crippen LogP contribution in [0.1, 0.15) is 58.8 Å². The summed E-state index contributed by atoms with van der Waals surface area (Å²) in [6.45, 7) is 0. The predicted octanol–water partition coefficient (Wildman–Crippen LogP) is 6.35. The lowest BCUT2D eigenvalue weighted by Crippen LogP contribution is -2.50. The van der Waals surface area contributed by atoms with Gasteiger partial charge in [0.2, 0.25) is 11.8 Å². The van der Waals surface area contributed by atoms with Crippen molar-refractivity contribution in [1.82, 2.24) is 4.90 Å². The minimum absolute atomic E-state index is 0.112. The second-order valence-electron chi connectivity index (χ2n) is 10.5. The first-order valence-corrected chi connectivity index (χ1v) is 14.9. The molecule has 5 rings (SSSR count). The third-order valence-corrected chi connectivity index (χ3v) is 9.34. The number of halogens is 1. The van der Waals surface area contributed by atoms with Gasteiger partial charge in [0.25, 0.3) is 0 Å². The molecule has 1 saturated heterocycles. The van der Waals surface area contributed by atoms with Crippen molar-refractivity contribution >= 4 is 46.6 Å². The lowest BCUT2D eigenvalue weighted by atomic mass is 9.78. The lowest BCUT2D eigenvalue weighted by Gasteiger charge is -2.33. The number of nitrogens with two attached hydrogens (primary N) is 1. The van der Waals surface area contributed by atoms with Crippen LogP contribution in [0.5, 0.6) is 5.75 Å². The van der Waals surface area contributed by atoms with Crippen LogP contribution in [-0.4, -0.2) is 41.7 Å². The highest BCUT2D eigenvalue weighted by atomic mass is 35.5. The van der Waals surface area contributed by atoms with Gasteiger partial charge in [-0.2, -0.15) is 0 Å². The summed E-state index contributed by atoms with van der Waals surface area (Å²) in [6, 6.07) is 18.8. The minimum Gasteiger partial charge on any atom is -0.497 e. The van der Waals surface area contributed by atoms with Crippen LogP contribution < -0.4 is 10.5 Å². The maximum absolute atomic E-state index is 14.3. The number of carbonyl (C=O) groups excluding carboxylic acids is 3. The third-order valence-electron chi connectivity index (χ3n) is 8.10. The number of ketones is 1. The van der Waals surface area contributed by atoms with Gasteiger partial charge in [-0.1, -0.05) is 85.5 Å². The highest BCUT2D eigenvalue weighted by Crippen LogP contribution is 2.47. The number of likely N-dealkylation sites (tertiary alicyclic amines) is 1. The molecule has 0 bridgehead atoms. The first-order valence-electron chi connectivity index (χ1n) is 13.7. The number of methoxy groups -OCH3 is 1. The molecule has 0 spiro atoms. The fraction of sp³-hybridized carbons (Fsp3) is 0.344. The Morgan fingerprint density at radius 2 is 1.75 bits per heavy atom. The Hall–Kier alpha value is -3.42. The Morgan fingerprint density at radius 3 is 2.40 bits per heavy atom. The first kappa shape index (κ1) is 28.1. The van der Waals surface area contributed by atoms with Crippen LogP contribution in [-0.2, 0) is 9.59 Å². The topological polar surface area (TPSA) is 89.7 Å². The molecule has 1 aliphatic heterocycles. The summed E-state index contributed by atoms with van der Waals surface area (Å²) in [6.07, 6.45) is 8.35. The molecule has 2 aliphatic rings. The Balaban J connectivity index is 1.69. The van der Waals surface area contributed by atoms with Crippen molar-refractivity contribution in [2.75, 3.05) is 7.11 Å². The molecule has 208 valence electrons. The maximum atomic E-state index is 14.3. The average molecular weight is 577 g/mol. The second kappa shape index (κ2) is 12.4. The number of carbonyl (C=O) groups is 3. The van der Waals surface area contributed by atoms with Gasteiger partial charge in [-0.15, -0.1) is 11.3 Å². The summed E-state index contributed by atoms with van der Waals surface area (Å²) >= 11 is 7.44. The van der Waals surface area contributed by atoms with Gasteiger partial charge in [0.15, 0.2) is 5.78 Å². The molecule has 2 fully saturated rings. The molecule has 1 saturated carbocycles. The Bertz CT molecular complexity index is 1400. The van der Waals surface area contributed by atoms with Gasteiger partial charge in [0.05, 0.1) is 28.3 Å². The summed E-state index contributed by atoms with van der Waals surface area (Å²) in [5.74, 6) is -1.95. The summed E-state index contributed by atoms with van der Waals surface area (Å²) in [5.41, 5.74) is 7.76. The summed E-state index contributed by atoms with van der Waals surface area (Å²) in [5, 5.41) is 0. The van der Waals surface area contributed by atoms with Crippen molar-refractivity contribution in [1.29, 1.82) is 0 Å². The van der Waals surface area contributed by atoms with Crippen molar-refractivity contribution in [3.05, 3.63) is 93.1 Å². The van der Waals surface area contributed by atoms with E-state index in [9.17, 15) is 14.4 Å². The fourth-order valence-corrected chi connectivity index (χ4v) is 7.28. The van der Waals surface area contributed by atoms with Crippen molar-refractivity contribution in [3.63, 3.8) is 0 Å². The van der Waals surface area contributed by atoms with Crippen LogP contribution in [0.25, 0.3) is 6.08 Å². The quantitative estimate of drug-likeness (QED) is 0.316. The van der Waals surface area contributed by atoms with Gasteiger partial charge in [0, 0.05) is 11.8 Å². The summed E-state index contributed by atoms with van der Waals surface area (Å²) in [4.78, 5) is 44.0. The smallest absolute Gasteiger partial charge is 0.240 e. The second-order valence-corrected chi connectivity index (χ2v) is 12.2. The zero-order chi connectivity index (χ0) is 28.2. The van der Waals surface area contributed by atoms with E-state index in [0.717, 1.165) is 43.2 Å². The molecular formula is C32H33ClN2O4S. The lowest BCUT2D eigenvalue weighted by molar-refractivity contribution is -0.143. The summed E-state index contributed by atoms with van der Waals surface area (Å²) < 4.78 is 5.98. The Morgan fingerprint density at radius 1 is 1.00 bits per heavy atom. The molecule has 4 atom stereocenters. The van der Waals surface area contributed by atoms with Crippen LogP contribution >= 0.6 is 22.9 Å². The molecule has 1 aromatic heterocycles. The number of hydrogen-bond acceptors (Lipinski definition) is 5. The minimum atomic E-state index is -1.00. The van der Waals surface area contributed by atoms with Gasteiger partial charge in [0.1, 0.15) is 11.8 Å². The third kappa shape index (κ3) is 5.72. The highest BCUT2D eigenvalue weighted by Gasteiger charge is 2.56. The number of ether oxygens (including phenoxy) is 1. The van der Waals surface area contributed by atoms with E-state index in [1.807, 2.05) is 66.7 Å². The average Bonchev–Trinajstić information content (AvgIpc) is 3.58. The normalized spacial score (nSPS) is 23.4. The molecule has 3 aromatic rings. The zero-order valence-electron chi connectivity index (χ0n) is 22.4. The van der Waals surface area contributed by atoms with E-state index in [4.69, 9.17) is 22.1 Å². The number of hydrogen-bond donors (Lipinski definition) is 1. The molecule has 2 N–H and O–H groups in total. The van der Waals surface area contributed by atoms with Gasteiger partial charge >= 0.3 is 0 Å². The number of thiophene rings is 1. The molecule has 8 heteroatoms. The molecule has 4 unspecified atom stereocenters. The first-order chi connectivity index (χ1) is 19.4. The monoisotopic (exact) mass is 576 g/mol. The summed E-state index contributed by atoms with van der Waals surface area (Å²) in [7, 11) is 1.57. The molecule has 40 heavy (non-hydrogen) atoms. The molecule has 2 heterocycles. The van der Waals surface area contributed by atoms with Crippen molar-refractivity contribution in [3.8, 4) is 5.75 Å². The molecule has 0 radical (unpaired) electrons. The van der Waals surface area contributed by atoms with E-state index >= 15 is 0 Å². The van der Waals surface area contributed by atoms with Crippen LogP contribution in [0.2, 0.25) is 4.34 Å². The van der Waals surface area contributed by atoms with E-state index in [2.05, 4.69) is 0 Å². The van der Waals surface area contributed by atoms with Crippen LogP contribution in [0.15, 0.2) is 72.8 Å². The number of benzene rings is 2. The maximum Gasteiger partial charge on any atom is 0.240 e. The molecular weight excluding hydrogens is 544 g/mol. The van der Waals surface area contributed by atoms with Gasteiger partial charge in [-0.25, -0.2) is 0 Å². The Labute approximate surface area is 243 Å². The van der Waals surface area contributed by atoms with Crippen LogP contribution in [0.3, 0.4) is 0 Å². The van der Waals surface area contributed by atoms with E-state index in [1.54, 1.807) is 24.1 Å². The van der Waals surface area contributed by atoms with Crippen LogP contribution in [0, 0.1) is 11.8 Å². The number of nitrogens with zero attached hydrogens (tertiary/aromatic N) is 1. The van der Waals surface area contributed by atoms with Crippen LogP contribution in [0.4, 0.5) is 0 Å². The largest absolute Gasteiger partial charge is 0.497 e. The van der Waals surface area contributed by atoms with Gasteiger partial charge in [-0.3, -0.25) is 14.4 Å². The highest BCUT2D eigenvalue weighted by molar-refractivity contribution is 7.18. The van der Waals surface area contributed by atoms with E-state index in [1.165, 1.54) is 11.3 Å². The molecule has 2 amide bonds. The SMILES string of the molecule is COc1cccc(C2C(C(=O)c3ccc(Cl)s3)C(C=Cc3ccccc3)N(C(=O)C3CCCCC3)C2C(N)=O)c1. The van der Waals surface area contributed by atoms with Crippen molar-refractivity contribution in [2.45, 2.75) is 50.1 Å². The van der Waals surface area contributed by atoms with Gasteiger partial charge < -0.3 is 15.4 Å². The number of amides is 2.